The molecule has 0 aliphatic carbocycles. The van der Waals surface area contributed by atoms with Crippen molar-refractivity contribution in [1.29, 1.82) is 0 Å². The van der Waals surface area contributed by atoms with E-state index in [1.165, 1.54) is 19.2 Å². The van der Waals surface area contributed by atoms with Crippen molar-refractivity contribution in [2.24, 2.45) is 5.92 Å². The molecule has 0 saturated heterocycles. The summed E-state index contributed by atoms with van der Waals surface area (Å²) in [5.41, 5.74) is 0. The van der Waals surface area contributed by atoms with Crippen molar-refractivity contribution in [2.75, 3.05) is 26.7 Å². The minimum atomic E-state index is -3.80. The third-order valence-electron chi connectivity index (χ3n) is 3.63. The Morgan fingerprint density at radius 3 is 2.23 bits per heavy atom. The maximum absolute atomic E-state index is 12.5. The van der Waals surface area contributed by atoms with Gasteiger partial charge in [0.25, 0.3) is 0 Å². The maximum atomic E-state index is 12.5. The molecule has 9 heteroatoms. The lowest BCUT2D eigenvalue weighted by molar-refractivity contribution is -0.123. The summed E-state index contributed by atoms with van der Waals surface area (Å²) < 4.78 is 32.6. The summed E-state index contributed by atoms with van der Waals surface area (Å²) in [5.74, 6) is 0.0543. The van der Waals surface area contributed by atoms with Crippen molar-refractivity contribution in [1.82, 2.24) is 15.4 Å². The second kappa shape index (κ2) is 12.1. The van der Waals surface area contributed by atoms with Gasteiger partial charge in [0.1, 0.15) is 11.8 Å². The van der Waals surface area contributed by atoms with Gasteiger partial charge in [-0.2, -0.15) is 4.72 Å². The summed E-state index contributed by atoms with van der Waals surface area (Å²) in [4.78, 5) is 12.4. The predicted octanol–water partition coefficient (Wildman–Crippen LogP) is 1.54. The number of carbonyl (C=O) groups is 1. The van der Waals surface area contributed by atoms with Crippen LogP contribution in [0.5, 0.6) is 5.75 Å². The lowest BCUT2D eigenvalue weighted by Gasteiger charge is -2.21. The van der Waals surface area contributed by atoms with E-state index in [1.807, 2.05) is 0 Å². The molecule has 0 aliphatic heterocycles. The molecule has 0 radical (unpaired) electrons. The summed E-state index contributed by atoms with van der Waals surface area (Å²) in [6, 6.07) is 5.20. The van der Waals surface area contributed by atoms with E-state index >= 15 is 0 Å². The number of halogens is 1. The first-order valence-electron chi connectivity index (χ1n) is 8.46. The minimum absolute atomic E-state index is 0. The molecular formula is C17H30ClN3O4S. The highest BCUT2D eigenvalue weighted by molar-refractivity contribution is 7.89. The Kier molecular flexibility index (Phi) is 11.5. The largest absolute Gasteiger partial charge is 0.497 e. The summed E-state index contributed by atoms with van der Waals surface area (Å²) in [6.07, 6.45) is 1.02. The molecule has 1 atom stereocenters. The van der Waals surface area contributed by atoms with Crippen LogP contribution in [0.2, 0.25) is 0 Å². The maximum Gasteiger partial charge on any atom is 0.241 e. The number of nitrogens with one attached hydrogen (secondary N) is 3. The molecule has 0 spiro atoms. The quantitative estimate of drug-likeness (QED) is 0.483. The lowest BCUT2D eigenvalue weighted by atomic mass is 10.1. The first-order valence-corrected chi connectivity index (χ1v) is 9.95. The highest BCUT2D eigenvalue weighted by Crippen LogP contribution is 2.16. The van der Waals surface area contributed by atoms with Gasteiger partial charge in [0.05, 0.1) is 12.0 Å². The standard InChI is InChI=1S/C17H29N3O4S.ClH/c1-5-10-18-11-12-19-17(21)16(13(2)3)20-25(22,23)15-8-6-14(24-4)7-9-15;/h6-9,13,16,18,20H,5,10-12H2,1-4H3,(H,19,21);1H. The van der Waals surface area contributed by atoms with Gasteiger partial charge >= 0.3 is 0 Å². The van der Waals surface area contributed by atoms with Crippen molar-refractivity contribution < 1.29 is 17.9 Å². The summed E-state index contributed by atoms with van der Waals surface area (Å²) in [6.45, 7) is 7.65. The molecule has 0 aliphatic rings. The number of hydrogen-bond donors (Lipinski definition) is 3. The van der Waals surface area contributed by atoms with Crippen LogP contribution >= 0.6 is 12.4 Å². The zero-order valence-corrected chi connectivity index (χ0v) is 17.4. The molecule has 3 N–H and O–H groups in total. The Morgan fingerprint density at radius 1 is 1.12 bits per heavy atom. The third-order valence-corrected chi connectivity index (χ3v) is 5.09. The average Bonchev–Trinajstić information content (AvgIpc) is 2.59. The van der Waals surface area contributed by atoms with Crippen LogP contribution < -0.4 is 20.1 Å². The number of hydrogen-bond acceptors (Lipinski definition) is 5. The van der Waals surface area contributed by atoms with Crippen molar-refractivity contribution in [3.8, 4) is 5.75 Å². The van der Waals surface area contributed by atoms with Crippen molar-refractivity contribution in [3.63, 3.8) is 0 Å². The van der Waals surface area contributed by atoms with E-state index in [9.17, 15) is 13.2 Å². The SMILES string of the molecule is CCCNCCNC(=O)C(NS(=O)(=O)c1ccc(OC)cc1)C(C)C.Cl. The number of ether oxygens (including phenoxy) is 1. The molecule has 0 bridgehead atoms. The molecule has 1 unspecified atom stereocenters. The van der Waals surface area contributed by atoms with E-state index in [1.54, 1.807) is 26.0 Å². The van der Waals surface area contributed by atoms with Crippen LogP contribution in [0.1, 0.15) is 27.2 Å². The van der Waals surface area contributed by atoms with E-state index in [0.717, 1.165) is 13.0 Å². The number of rotatable bonds is 11. The normalized spacial score (nSPS) is 12.3. The molecule has 150 valence electrons. The monoisotopic (exact) mass is 407 g/mol. The van der Waals surface area contributed by atoms with Gasteiger partial charge in [0, 0.05) is 13.1 Å². The van der Waals surface area contributed by atoms with Crippen LogP contribution in [-0.4, -0.2) is 47.1 Å². The average molecular weight is 408 g/mol. The van der Waals surface area contributed by atoms with E-state index in [-0.39, 0.29) is 29.1 Å². The van der Waals surface area contributed by atoms with Crippen molar-refractivity contribution in [2.45, 2.75) is 38.1 Å². The van der Waals surface area contributed by atoms with E-state index in [4.69, 9.17) is 4.74 Å². The van der Waals surface area contributed by atoms with Gasteiger partial charge in [-0.15, -0.1) is 12.4 Å². The summed E-state index contributed by atoms with van der Waals surface area (Å²) >= 11 is 0. The second-order valence-electron chi connectivity index (χ2n) is 6.06. The van der Waals surface area contributed by atoms with Gasteiger partial charge in [-0.25, -0.2) is 8.42 Å². The van der Waals surface area contributed by atoms with Gasteiger partial charge < -0.3 is 15.4 Å². The van der Waals surface area contributed by atoms with Crippen LogP contribution in [0.3, 0.4) is 0 Å². The molecule has 1 amide bonds. The van der Waals surface area contributed by atoms with Crippen molar-refractivity contribution in [3.05, 3.63) is 24.3 Å². The molecular weight excluding hydrogens is 378 g/mol. The molecule has 0 saturated carbocycles. The van der Waals surface area contributed by atoms with Gasteiger partial charge in [0.2, 0.25) is 15.9 Å². The lowest BCUT2D eigenvalue weighted by Crippen LogP contribution is -2.50. The topological polar surface area (TPSA) is 96.5 Å². The molecule has 0 heterocycles. The Bertz CT molecular complexity index is 636. The smallest absolute Gasteiger partial charge is 0.241 e. The van der Waals surface area contributed by atoms with Crippen LogP contribution in [0.4, 0.5) is 0 Å². The molecule has 7 nitrogen and oxygen atoms in total. The van der Waals surface area contributed by atoms with Gasteiger partial charge in [0.15, 0.2) is 0 Å². The fourth-order valence-electron chi connectivity index (χ4n) is 2.17. The molecule has 1 rings (SSSR count). The Balaban J connectivity index is 0.00000625. The highest BCUT2D eigenvalue weighted by atomic mass is 35.5. The van der Waals surface area contributed by atoms with Crippen LogP contribution in [-0.2, 0) is 14.8 Å². The Hall–Kier alpha value is -1.35. The van der Waals surface area contributed by atoms with Gasteiger partial charge in [-0.05, 0) is 43.1 Å². The highest BCUT2D eigenvalue weighted by Gasteiger charge is 2.28. The molecule has 1 aromatic rings. The number of methoxy groups -OCH3 is 1. The molecule has 0 aromatic heterocycles. The number of amides is 1. The van der Waals surface area contributed by atoms with Crippen LogP contribution in [0.15, 0.2) is 29.2 Å². The number of benzene rings is 1. The van der Waals surface area contributed by atoms with E-state index in [2.05, 4.69) is 22.3 Å². The number of sulfonamides is 1. The molecule has 26 heavy (non-hydrogen) atoms. The first kappa shape index (κ1) is 24.7. The Labute approximate surface area is 162 Å². The number of carbonyl (C=O) groups excluding carboxylic acids is 1. The summed E-state index contributed by atoms with van der Waals surface area (Å²) in [7, 11) is -2.29. The van der Waals surface area contributed by atoms with Crippen LogP contribution in [0, 0.1) is 5.92 Å². The third kappa shape index (κ3) is 7.90. The fraction of sp³-hybridized carbons (Fsp3) is 0.588. The molecule has 1 aromatic carbocycles. The van der Waals surface area contributed by atoms with Crippen molar-refractivity contribution >= 4 is 28.3 Å². The van der Waals surface area contributed by atoms with Gasteiger partial charge in [-0.1, -0.05) is 20.8 Å². The predicted molar refractivity (Wildman–Crippen MR) is 105 cm³/mol. The second-order valence-corrected chi connectivity index (χ2v) is 7.77. The Morgan fingerprint density at radius 2 is 1.73 bits per heavy atom. The molecule has 0 fully saturated rings. The van der Waals surface area contributed by atoms with Gasteiger partial charge in [-0.3, -0.25) is 4.79 Å². The van der Waals surface area contributed by atoms with Crippen LogP contribution in [0.25, 0.3) is 0 Å². The fourth-order valence-corrected chi connectivity index (χ4v) is 3.51. The van der Waals surface area contributed by atoms with E-state index in [0.29, 0.717) is 18.8 Å². The first-order chi connectivity index (χ1) is 11.8. The zero-order chi connectivity index (χ0) is 18.9. The zero-order valence-electron chi connectivity index (χ0n) is 15.7. The van der Waals surface area contributed by atoms with E-state index < -0.39 is 16.1 Å². The summed E-state index contributed by atoms with van der Waals surface area (Å²) in [5, 5.41) is 5.95. The minimum Gasteiger partial charge on any atom is -0.497 e.